The molecule has 0 aliphatic carbocycles. The van der Waals surface area contributed by atoms with Gasteiger partial charge in [0.25, 0.3) is 0 Å². The summed E-state index contributed by atoms with van der Waals surface area (Å²) in [5.74, 6) is 0. The Bertz CT molecular complexity index is 242. The van der Waals surface area contributed by atoms with Crippen LogP contribution in [0.15, 0.2) is 0 Å². The Morgan fingerprint density at radius 3 is 2.44 bits per heavy atom. The molecule has 1 aliphatic rings. The van der Waals surface area contributed by atoms with E-state index in [9.17, 15) is 9.90 Å². The Kier molecular flexibility index (Phi) is 7.00. The standard InChI is InChI=1S/C12H24N2O4/c1-3-17-10-11(15)9-13-5-7-14(8-6-13)12(16)18-4-2/h11,15H,3-10H2,1-2H3. The van der Waals surface area contributed by atoms with Crippen molar-refractivity contribution in [1.29, 1.82) is 0 Å². The van der Waals surface area contributed by atoms with Crippen molar-refractivity contribution in [2.75, 3.05) is 52.5 Å². The second-order valence-electron chi connectivity index (χ2n) is 4.30. The van der Waals surface area contributed by atoms with Gasteiger partial charge in [0, 0.05) is 39.3 Å². The van der Waals surface area contributed by atoms with Crippen molar-refractivity contribution in [2.45, 2.75) is 20.0 Å². The number of aliphatic hydroxyl groups is 1. The zero-order valence-corrected chi connectivity index (χ0v) is 11.3. The number of ether oxygens (including phenoxy) is 2. The third-order valence-electron chi connectivity index (χ3n) is 2.88. The van der Waals surface area contributed by atoms with Gasteiger partial charge in [0.2, 0.25) is 0 Å². The van der Waals surface area contributed by atoms with Crippen LogP contribution in [0.3, 0.4) is 0 Å². The van der Waals surface area contributed by atoms with E-state index in [1.54, 1.807) is 11.8 Å². The average molecular weight is 260 g/mol. The Balaban J connectivity index is 2.20. The van der Waals surface area contributed by atoms with E-state index >= 15 is 0 Å². The third kappa shape index (κ3) is 5.20. The van der Waals surface area contributed by atoms with E-state index in [0.717, 1.165) is 13.1 Å². The SMILES string of the molecule is CCOCC(O)CN1CCN(C(=O)OCC)CC1. The topological polar surface area (TPSA) is 62.2 Å². The molecule has 1 rings (SSSR count). The fourth-order valence-electron chi connectivity index (χ4n) is 1.93. The molecule has 1 aliphatic heterocycles. The fourth-order valence-corrected chi connectivity index (χ4v) is 1.93. The molecule has 6 heteroatoms. The number of β-amino-alcohol motifs (C(OH)–C–C–N with tert-alkyl or cyclic N) is 1. The Morgan fingerprint density at radius 2 is 1.89 bits per heavy atom. The highest BCUT2D eigenvalue weighted by Gasteiger charge is 2.23. The fraction of sp³-hybridized carbons (Fsp3) is 0.917. The predicted octanol–water partition coefficient (Wildman–Crippen LogP) is 0.158. The third-order valence-corrected chi connectivity index (χ3v) is 2.88. The van der Waals surface area contributed by atoms with Crippen molar-refractivity contribution >= 4 is 6.09 Å². The number of carbonyl (C=O) groups is 1. The number of amides is 1. The molecule has 1 saturated heterocycles. The number of rotatable bonds is 6. The lowest BCUT2D eigenvalue weighted by molar-refractivity contribution is 0.0101. The van der Waals surface area contributed by atoms with Crippen LogP contribution < -0.4 is 0 Å². The maximum Gasteiger partial charge on any atom is 0.409 e. The van der Waals surface area contributed by atoms with Gasteiger partial charge in [-0.25, -0.2) is 4.79 Å². The van der Waals surface area contributed by atoms with E-state index in [1.165, 1.54) is 0 Å². The quantitative estimate of drug-likeness (QED) is 0.737. The second kappa shape index (κ2) is 8.29. The van der Waals surface area contributed by atoms with E-state index in [1.807, 2.05) is 6.92 Å². The number of piperazine rings is 1. The molecular weight excluding hydrogens is 236 g/mol. The van der Waals surface area contributed by atoms with E-state index in [4.69, 9.17) is 9.47 Å². The minimum atomic E-state index is -0.459. The van der Waals surface area contributed by atoms with Gasteiger partial charge in [-0.05, 0) is 13.8 Å². The first-order chi connectivity index (χ1) is 8.67. The van der Waals surface area contributed by atoms with Crippen LogP contribution in [0.5, 0.6) is 0 Å². The first-order valence-electron chi connectivity index (χ1n) is 6.57. The largest absolute Gasteiger partial charge is 0.450 e. The van der Waals surface area contributed by atoms with Crippen molar-refractivity contribution in [2.24, 2.45) is 0 Å². The maximum atomic E-state index is 11.5. The van der Waals surface area contributed by atoms with Gasteiger partial charge < -0.3 is 19.5 Å². The van der Waals surface area contributed by atoms with Gasteiger partial charge in [0.1, 0.15) is 0 Å². The molecule has 1 atom stereocenters. The zero-order valence-electron chi connectivity index (χ0n) is 11.3. The van der Waals surface area contributed by atoms with Crippen molar-refractivity contribution in [1.82, 2.24) is 9.80 Å². The summed E-state index contributed by atoms with van der Waals surface area (Å²) in [6.07, 6.45) is -0.703. The van der Waals surface area contributed by atoms with Crippen molar-refractivity contribution in [3.8, 4) is 0 Å². The van der Waals surface area contributed by atoms with E-state index in [0.29, 0.717) is 39.5 Å². The van der Waals surface area contributed by atoms with Crippen LogP contribution >= 0.6 is 0 Å². The lowest BCUT2D eigenvalue weighted by Gasteiger charge is -2.34. The molecule has 1 amide bonds. The number of aliphatic hydroxyl groups excluding tert-OH is 1. The van der Waals surface area contributed by atoms with Gasteiger partial charge in [-0.2, -0.15) is 0 Å². The highest BCUT2D eigenvalue weighted by molar-refractivity contribution is 5.67. The first kappa shape index (κ1) is 15.2. The molecular formula is C12H24N2O4. The molecule has 1 heterocycles. The van der Waals surface area contributed by atoms with Crippen LogP contribution in [0.4, 0.5) is 4.79 Å². The van der Waals surface area contributed by atoms with E-state index in [2.05, 4.69) is 4.90 Å². The number of hydrogen-bond donors (Lipinski definition) is 1. The summed E-state index contributed by atoms with van der Waals surface area (Å²) < 4.78 is 10.1. The molecule has 1 unspecified atom stereocenters. The second-order valence-corrected chi connectivity index (χ2v) is 4.30. The molecule has 0 bridgehead atoms. The van der Waals surface area contributed by atoms with E-state index < -0.39 is 6.10 Å². The summed E-state index contributed by atoms with van der Waals surface area (Å²) in [4.78, 5) is 15.3. The number of carbonyl (C=O) groups excluding carboxylic acids is 1. The molecule has 1 fully saturated rings. The maximum absolute atomic E-state index is 11.5. The molecule has 0 radical (unpaired) electrons. The Labute approximate surface area is 108 Å². The van der Waals surface area contributed by atoms with Crippen LogP contribution in [-0.2, 0) is 9.47 Å². The van der Waals surface area contributed by atoms with Gasteiger partial charge >= 0.3 is 6.09 Å². The Hall–Kier alpha value is -0.850. The van der Waals surface area contributed by atoms with Crippen LogP contribution in [-0.4, -0.2) is 79.6 Å². The lowest BCUT2D eigenvalue weighted by atomic mass is 10.3. The molecule has 6 nitrogen and oxygen atoms in total. The molecule has 0 aromatic heterocycles. The zero-order chi connectivity index (χ0) is 13.4. The minimum absolute atomic E-state index is 0.244. The highest BCUT2D eigenvalue weighted by atomic mass is 16.6. The highest BCUT2D eigenvalue weighted by Crippen LogP contribution is 2.04. The molecule has 0 aromatic rings. The van der Waals surface area contributed by atoms with E-state index in [-0.39, 0.29) is 6.09 Å². The minimum Gasteiger partial charge on any atom is -0.450 e. The van der Waals surface area contributed by atoms with Gasteiger partial charge in [-0.3, -0.25) is 4.90 Å². The van der Waals surface area contributed by atoms with Gasteiger partial charge in [0.15, 0.2) is 0 Å². The number of nitrogens with zero attached hydrogens (tertiary/aromatic N) is 2. The predicted molar refractivity (Wildman–Crippen MR) is 67.5 cm³/mol. The smallest absolute Gasteiger partial charge is 0.409 e. The molecule has 106 valence electrons. The summed E-state index contributed by atoms with van der Waals surface area (Å²) in [6.45, 7) is 8.54. The summed E-state index contributed by atoms with van der Waals surface area (Å²) in [7, 11) is 0. The molecule has 1 N–H and O–H groups in total. The molecule has 0 aromatic carbocycles. The summed E-state index contributed by atoms with van der Waals surface area (Å²) >= 11 is 0. The van der Waals surface area contributed by atoms with Crippen molar-refractivity contribution in [3.05, 3.63) is 0 Å². The average Bonchev–Trinajstić information content (AvgIpc) is 2.37. The molecule has 0 saturated carbocycles. The first-order valence-corrected chi connectivity index (χ1v) is 6.57. The van der Waals surface area contributed by atoms with Gasteiger partial charge in [-0.15, -0.1) is 0 Å². The summed E-state index contributed by atoms with van der Waals surface area (Å²) in [5, 5.41) is 9.72. The van der Waals surface area contributed by atoms with Crippen LogP contribution in [0.2, 0.25) is 0 Å². The van der Waals surface area contributed by atoms with Crippen LogP contribution in [0, 0.1) is 0 Å². The monoisotopic (exact) mass is 260 g/mol. The molecule has 18 heavy (non-hydrogen) atoms. The van der Waals surface area contributed by atoms with Crippen LogP contribution in [0.25, 0.3) is 0 Å². The molecule has 0 spiro atoms. The van der Waals surface area contributed by atoms with Crippen molar-refractivity contribution in [3.63, 3.8) is 0 Å². The van der Waals surface area contributed by atoms with Gasteiger partial charge in [0.05, 0.1) is 19.3 Å². The number of hydrogen-bond acceptors (Lipinski definition) is 5. The Morgan fingerprint density at radius 1 is 1.22 bits per heavy atom. The lowest BCUT2D eigenvalue weighted by Crippen LogP contribution is -2.50. The van der Waals surface area contributed by atoms with Crippen LogP contribution in [0.1, 0.15) is 13.8 Å². The van der Waals surface area contributed by atoms with Crippen molar-refractivity contribution < 1.29 is 19.4 Å². The normalized spacial score (nSPS) is 18.7. The summed E-state index contributed by atoms with van der Waals surface area (Å²) in [6, 6.07) is 0. The summed E-state index contributed by atoms with van der Waals surface area (Å²) in [5.41, 5.74) is 0. The van der Waals surface area contributed by atoms with Gasteiger partial charge in [-0.1, -0.05) is 0 Å².